The molecule has 3 N–H and O–H groups in total. The third kappa shape index (κ3) is 3.96. The van der Waals surface area contributed by atoms with Crippen LogP contribution in [0.15, 0.2) is 60.7 Å². The molecule has 22 heavy (non-hydrogen) atoms. The minimum Gasteiger partial charge on any atom is -0.328 e. The van der Waals surface area contributed by atoms with Gasteiger partial charge in [-0.05, 0) is 36.8 Å². The molecule has 2 aromatic carbocycles. The van der Waals surface area contributed by atoms with Gasteiger partial charge in [-0.3, -0.25) is 0 Å². The van der Waals surface area contributed by atoms with E-state index in [0.717, 1.165) is 19.4 Å². The number of hydrogen-bond donors (Lipinski definition) is 2. The Morgan fingerprint density at radius 3 is 1.82 bits per heavy atom. The maximum atomic E-state index is 6.01. The zero-order chi connectivity index (χ0) is 15.2. The van der Waals surface area contributed by atoms with Crippen LogP contribution in [0.5, 0.6) is 0 Å². The van der Waals surface area contributed by atoms with Crippen LogP contribution in [0.2, 0.25) is 0 Å². The maximum Gasteiger partial charge on any atom is 0.0214 e. The van der Waals surface area contributed by atoms with Gasteiger partial charge < -0.3 is 11.1 Å². The van der Waals surface area contributed by atoms with E-state index in [9.17, 15) is 0 Å². The van der Waals surface area contributed by atoms with Gasteiger partial charge in [-0.1, -0.05) is 60.7 Å². The monoisotopic (exact) mass is 294 g/mol. The summed E-state index contributed by atoms with van der Waals surface area (Å²) in [5.41, 5.74) is 8.77. The van der Waals surface area contributed by atoms with E-state index in [1.54, 1.807) is 0 Å². The summed E-state index contributed by atoms with van der Waals surface area (Å²) < 4.78 is 0. The van der Waals surface area contributed by atoms with Crippen molar-refractivity contribution in [2.24, 2.45) is 5.73 Å². The Hall–Kier alpha value is -1.64. The molecule has 0 bridgehead atoms. The van der Waals surface area contributed by atoms with Crippen molar-refractivity contribution in [3.05, 3.63) is 71.8 Å². The van der Waals surface area contributed by atoms with Crippen LogP contribution >= 0.6 is 0 Å². The van der Waals surface area contributed by atoms with Crippen molar-refractivity contribution in [3.63, 3.8) is 0 Å². The molecule has 0 unspecified atom stereocenters. The molecule has 3 rings (SSSR count). The lowest BCUT2D eigenvalue weighted by Gasteiger charge is -2.29. The van der Waals surface area contributed by atoms with Crippen molar-refractivity contribution in [2.75, 3.05) is 6.54 Å². The van der Waals surface area contributed by atoms with Crippen LogP contribution in [-0.2, 0) is 0 Å². The fourth-order valence-corrected chi connectivity index (χ4v) is 3.41. The fourth-order valence-electron chi connectivity index (χ4n) is 3.41. The Morgan fingerprint density at radius 1 is 0.818 bits per heavy atom. The topological polar surface area (TPSA) is 38.0 Å². The molecule has 1 fully saturated rings. The first-order valence-electron chi connectivity index (χ1n) is 8.42. The average molecular weight is 294 g/mol. The molecule has 1 aliphatic rings. The van der Waals surface area contributed by atoms with E-state index >= 15 is 0 Å². The van der Waals surface area contributed by atoms with Gasteiger partial charge in [0, 0.05) is 24.5 Å². The number of nitrogens with two attached hydrogens (primary N) is 1. The highest BCUT2D eigenvalue weighted by molar-refractivity contribution is 5.32. The summed E-state index contributed by atoms with van der Waals surface area (Å²) in [6, 6.07) is 22.7. The maximum absolute atomic E-state index is 6.01. The van der Waals surface area contributed by atoms with Crippen molar-refractivity contribution in [2.45, 2.75) is 43.7 Å². The van der Waals surface area contributed by atoms with Gasteiger partial charge in [0.2, 0.25) is 0 Å². The molecule has 0 saturated heterocycles. The first-order chi connectivity index (χ1) is 10.8. The van der Waals surface area contributed by atoms with E-state index in [0.29, 0.717) is 18.0 Å². The molecular weight excluding hydrogens is 268 g/mol. The van der Waals surface area contributed by atoms with Crippen LogP contribution in [0, 0.1) is 0 Å². The second kappa shape index (κ2) is 7.57. The van der Waals surface area contributed by atoms with Crippen molar-refractivity contribution in [1.29, 1.82) is 0 Å². The van der Waals surface area contributed by atoms with Crippen LogP contribution in [0.4, 0.5) is 0 Å². The summed E-state index contributed by atoms with van der Waals surface area (Å²) >= 11 is 0. The lowest BCUT2D eigenvalue weighted by Crippen LogP contribution is -2.39. The van der Waals surface area contributed by atoms with Gasteiger partial charge >= 0.3 is 0 Å². The summed E-state index contributed by atoms with van der Waals surface area (Å²) in [5.74, 6) is 0.415. The van der Waals surface area contributed by atoms with Crippen molar-refractivity contribution in [1.82, 2.24) is 5.32 Å². The molecule has 2 nitrogen and oxygen atoms in total. The van der Waals surface area contributed by atoms with Gasteiger partial charge in [-0.15, -0.1) is 0 Å². The van der Waals surface area contributed by atoms with Crippen LogP contribution in [0.1, 0.15) is 42.7 Å². The van der Waals surface area contributed by atoms with E-state index in [2.05, 4.69) is 66.0 Å². The van der Waals surface area contributed by atoms with Gasteiger partial charge in [0.15, 0.2) is 0 Å². The summed E-state index contributed by atoms with van der Waals surface area (Å²) in [6.07, 6.45) is 4.72. The Morgan fingerprint density at radius 2 is 1.32 bits per heavy atom. The Kier molecular flexibility index (Phi) is 5.25. The Labute approximate surface area is 133 Å². The number of benzene rings is 2. The molecule has 116 valence electrons. The molecule has 2 heteroatoms. The minimum absolute atomic E-state index is 0.414. The lowest BCUT2D eigenvalue weighted by atomic mass is 9.89. The Balaban J connectivity index is 1.70. The predicted octanol–water partition coefficient (Wildman–Crippen LogP) is 3.68. The molecule has 0 radical (unpaired) electrons. The van der Waals surface area contributed by atoms with E-state index in [-0.39, 0.29) is 0 Å². The molecule has 0 amide bonds. The molecule has 0 spiro atoms. The molecule has 0 atom stereocenters. The molecule has 0 heterocycles. The molecule has 0 aliphatic heterocycles. The minimum atomic E-state index is 0.414. The summed E-state index contributed by atoms with van der Waals surface area (Å²) in [7, 11) is 0. The van der Waals surface area contributed by atoms with Crippen LogP contribution in [0.3, 0.4) is 0 Å². The summed E-state index contributed by atoms with van der Waals surface area (Å²) in [6.45, 7) is 0.994. The average Bonchev–Trinajstić information content (AvgIpc) is 2.59. The van der Waals surface area contributed by atoms with E-state index in [1.165, 1.54) is 24.0 Å². The largest absolute Gasteiger partial charge is 0.328 e. The van der Waals surface area contributed by atoms with Crippen LogP contribution in [-0.4, -0.2) is 18.6 Å². The zero-order valence-electron chi connectivity index (χ0n) is 13.1. The lowest BCUT2D eigenvalue weighted by molar-refractivity contribution is 0.340. The smallest absolute Gasteiger partial charge is 0.0214 e. The van der Waals surface area contributed by atoms with E-state index in [4.69, 9.17) is 5.73 Å². The van der Waals surface area contributed by atoms with Crippen molar-refractivity contribution in [3.8, 4) is 0 Å². The molecular formula is C20H26N2. The second-order valence-corrected chi connectivity index (χ2v) is 6.39. The van der Waals surface area contributed by atoms with Crippen molar-refractivity contribution >= 4 is 0 Å². The molecule has 2 aromatic rings. The number of nitrogens with one attached hydrogen (secondary N) is 1. The third-order valence-electron chi connectivity index (χ3n) is 4.79. The van der Waals surface area contributed by atoms with Crippen molar-refractivity contribution < 1.29 is 0 Å². The summed E-state index contributed by atoms with van der Waals surface area (Å²) in [4.78, 5) is 0. The van der Waals surface area contributed by atoms with Crippen LogP contribution in [0.25, 0.3) is 0 Å². The van der Waals surface area contributed by atoms with Gasteiger partial charge in [-0.2, -0.15) is 0 Å². The van der Waals surface area contributed by atoms with Gasteiger partial charge in [0.1, 0.15) is 0 Å². The zero-order valence-corrected chi connectivity index (χ0v) is 13.1. The van der Waals surface area contributed by atoms with E-state index in [1.807, 2.05) is 0 Å². The fraction of sp³-hybridized carbons (Fsp3) is 0.400. The highest BCUT2D eigenvalue weighted by Gasteiger charge is 2.20. The van der Waals surface area contributed by atoms with Gasteiger partial charge in [0.25, 0.3) is 0 Å². The quantitative estimate of drug-likeness (QED) is 0.883. The summed E-state index contributed by atoms with van der Waals surface area (Å²) in [5, 5.41) is 3.78. The number of rotatable bonds is 5. The predicted molar refractivity (Wildman–Crippen MR) is 93.0 cm³/mol. The Bertz CT molecular complexity index is 505. The number of hydrogen-bond acceptors (Lipinski definition) is 2. The molecule has 1 saturated carbocycles. The van der Waals surface area contributed by atoms with E-state index < -0.39 is 0 Å². The molecule has 0 aromatic heterocycles. The molecule has 1 aliphatic carbocycles. The first kappa shape index (κ1) is 15.3. The highest BCUT2D eigenvalue weighted by atomic mass is 14.9. The first-order valence-corrected chi connectivity index (χ1v) is 8.42. The second-order valence-electron chi connectivity index (χ2n) is 6.39. The van der Waals surface area contributed by atoms with Gasteiger partial charge in [-0.25, -0.2) is 0 Å². The van der Waals surface area contributed by atoms with Gasteiger partial charge in [0.05, 0.1) is 0 Å². The SMILES string of the molecule is NC1CCC(NCC(c2ccccc2)c2ccccc2)CC1. The normalized spacial score (nSPS) is 21.9. The third-order valence-corrected chi connectivity index (χ3v) is 4.79. The van der Waals surface area contributed by atoms with Crippen LogP contribution < -0.4 is 11.1 Å². The highest BCUT2D eigenvalue weighted by Crippen LogP contribution is 2.25. The standard InChI is InChI=1S/C20H26N2/c21-18-11-13-19(14-12-18)22-15-20(16-7-3-1-4-8-16)17-9-5-2-6-10-17/h1-10,18-20,22H,11-15,21H2.